The molecule has 3 fully saturated rings. The van der Waals surface area contributed by atoms with Gasteiger partial charge in [-0.3, -0.25) is 36.3 Å². The molecule has 6 aromatic rings. The zero-order chi connectivity index (χ0) is 46.0. The summed E-state index contributed by atoms with van der Waals surface area (Å²) in [4.78, 5) is 77.1. The van der Waals surface area contributed by atoms with Crippen molar-refractivity contribution in [1.82, 2.24) is 58.6 Å². The van der Waals surface area contributed by atoms with Gasteiger partial charge in [-0.2, -0.15) is 0 Å². The Morgan fingerprint density at radius 1 is 0.585 bits per heavy atom. The number of imidazole rings is 3. The lowest BCUT2D eigenvalue weighted by Gasteiger charge is -2.24. The van der Waals surface area contributed by atoms with Crippen LogP contribution in [0.5, 0.6) is 0 Å². The number of ether oxygens (including phenoxy) is 3. The highest BCUT2D eigenvalue weighted by atomic mass is 31.2. The molecular formula is C30H38N15O17P3. The number of nitrogens with zero attached hydrogens (tertiary/aromatic N) is 12. The molecule has 65 heavy (non-hydrogen) atoms. The van der Waals surface area contributed by atoms with Crippen molar-refractivity contribution in [1.29, 1.82) is 0 Å². The largest absolute Gasteiger partial charge is 0.472 e. The quantitative estimate of drug-likeness (QED) is 0.0502. The minimum Gasteiger partial charge on any atom is -0.388 e. The number of hydrogen-bond donors (Lipinski definition) is 9. The number of phosphoric acid groups is 3. The first-order valence-electron chi connectivity index (χ1n) is 19.0. The summed E-state index contributed by atoms with van der Waals surface area (Å²) in [5.74, 6) is 0.0589. The fourth-order valence-corrected chi connectivity index (χ4v) is 9.76. The van der Waals surface area contributed by atoms with Crippen LogP contribution in [0.15, 0.2) is 38.0 Å². The van der Waals surface area contributed by atoms with E-state index in [9.17, 15) is 43.5 Å². The Kier molecular flexibility index (Phi) is 12.2. The molecule has 3 aliphatic heterocycles. The van der Waals surface area contributed by atoms with Gasteiger partial charge in [-0.05, 0) is 0 Å². The number of phosphoric ester groups is 3. The number of nitrogen functional groups attached to an aromatic ring is 3. The molecule has 0 radical (unpaired) electrons. The number of anilines is 3. The number of aliphatic hydroxyl groups is 2. The van der Waals surface area contributed by atoms with Gasteiger partial charge in [-0.25, -0.2) is 58.6 Å². The van der Waals surface area contributed by atoms with Gasteiger partial charge in [0.1, 0.15) is 66.1 Å². The maximum Gasteiger partial charge on any atom is 0.472 e. The van der Waals surface area contributed by atoms with Crippen molar-refractivity contribution >= 4 is 74.4 Å². The summed E-state index contributed by atoms with van der Waals surface area (Å²) in [6.45, 7) is -2.17. The Morgan fingerprint density at radius 2 is 1.05 bits per heavy atom. The summed E-state index contributed by atoms with van der Waals surface area (Å²) in [5, 5.41) is 22.4. The van der Waals surface area contributed by atoms with Gasteiger partial charge < -0.3 is 61.2 Å². The topological polar surface area (TPSA) is 455 Å². The first-order valence-corrected chi connectivity index (χ1v) is 23.5. The average molecular weight is 974 g/mol. The van der Waals surface area contributed by atoms with Crippen LogP contribution in [0.2, 0.25) is 0 Å². The van der Waals surface area contributed by atoms with Crippen LogP contribution < -0.4 is 17.2 Å². The lowest BCUT2D eigenvalue weighted by atomic mass is 10.1. The highest BCUT2D eigenvalue weighted by Gasteiger charge is 2.51. The first kappa shape index (κ1) is 45.3. The van der Waals surface area contributed by atoms with Crippen LogP contribution in [-0.4, -0.2) is 151 Å². The molecule has 6 aromatic heterocycles. The van der Waals surface area contributed by atoms with Crippen molar-refractivity contribution in [3.8, 4) is 0 Å². The van der Waals surface area contributed by atoms with E-state index in [1.54, 1.807) is 0 Å². The Hall–Kier alpha value is -4.82. The third-order valence-corrected chi connectivity index (χ3v) is 12.9. The third kappa shape index (κ3) is 9.31. The molecule has 0 aliphatic carbocycles. The van der Waals surface area contributed by atoms with Gasteiger partial charge in [0.25, 0.3) is 0 Å². The summed E-state index contributed by atoms with van der Waals surface area (Å²) < 4.78 is 86.5. The van der Waals surface area contributed by atoms with Crippen LogP contribution in [0.25, 0.3) is 33.5 Å². The highest BCUT2D eigenvalue weighted by Crippen LogP contribution is 2.53. The number of rotatable bonds is 16. The normalized spacial score (nSPS) is 29.3. The summed E-state index contributed by atoms with van der Waals surface area (Å²) in [7, 11) is -15.3. The van der Waals surface area contributed by atoms with Gasteiger partial charge >= 0.3 is 23.5 Å². The van der Waals surface area contributed by atoms with Crippen molar-refractivity contribution in [2.75, 3.05) is 37.0 Å². The lowest BCUT2D eigenvalue weighted by molar-refractivity contribution is -0.0630. The predicted molar refractivity (Wildman–Crippen MR) is 211 cm³/mol. The molecule has 9 rings (SSSR count). The van der Waals surface area contributed by atoms with E-state index in [4.69, 9.17) is 49.5 Å². The van der Waals surface area contributed by atoms with Gasteiger partial charge in [-0.15, -0.1) is 0 Å². The number of nitrogens with two attached hydrogens (primary N) is 3. The molecule has 0 aromatic carbocycles. The van der Waals surface area contributed by atoms with E-state index in [-0.39, 0.29) is 63.8 Å². The Balaban J connectivity index is 0.900. The second-order valence-corrected chi connectivity index (χ2v) is 18.7. The molecule has 12 N–H and O–H groups in total. The molecule has 32 nitrogen and oxygen atoms in total. The first-order chi connectivity index (χ1) is 30.8. The summed E-state index contributed by atoms with van der Waals surface area (Å²) >= 11 is 0. The summed E-state index contributed by atoms with van der Waals surface area (Å²) in [5.41, 5.74) is 18.7. The molecule has 2 unspecified atom stereocenters. The fourth-order valence-electron chi connectivity index (χ4n) is 7.52. The zero-order valence-corrected chi connectivity index (χ0v) is 35.6. The van der Waals surface area contributed by atoms with Gasteiger partial charge in [0.15, 0.2) is 53.1 Å². The van der Waals surface area contributed by atoms with E-state index in [1.807, 2.05) is 0 Å². The SMILES string of the molecule is Nc1ncnc2c1ncn2[C@@H]1O[C@H](COP(=O)(O)O[C@@H]2C[C@@H](COP(=O)(O)O)O[C@H]2n2cnc3c(N)ncnc32)[C@@H](O)[C@H]1OP(=O)(O)OC[C@@H]1C[C@@H](O)[C@H](n2cnc3c(N)ncnc32)O1. The molecular weight excluding hydrogens is 935 g/mol. The maximum absolute atomic E-state index is 13.6. The maximum atomic E-state index is 13.6. The molecule has 0 bridgehead atoms. The predicted octanol–water partition coefficient (Wildman–Crippen LogP) is -1.44. The van der Waals surface area contributed by atoms with E-state index < -0.39 is 105 Å². The van der Waals surface area contributed by atoms with Crippen molar-refractivity contribution in [2.45, 2.75) is 74.3 Å². The Bertz CT molecular complexity index is 2870. The van der Waals surface area contributed by atoms with Crippen LogP contribution in [-0.2, 0) is 50.5 Å². The number of aromatic nitrogens is 12. The van der Waals surface area contributed by atoms with Crippen LogP contribution in [0, 0.1) is 0 Å². The van der Waals surface area contributed by atoms with E-state index in [2.05, 4.69) is 49.4 Å². The van der Waals surface area contributed by atoms with E-state index in [0.717, 1.165) is 12.7 Å². The van der Waals surface area contributed by atoms with Crippen molar-refractivity contribution in [3.63, 3.8) is 0 Å². The monoisotopic (exact) mass is 973 g/mol. The molecule has 3 saturated heterocycles. The van der Waals surface area contributed by atoms with Gasteiger partial charge in [0, 0.05) is 12.8 Å². The zero-order valence-electron chi connectivity index (χ0n) is 32.9. The van der Waals surface area contributed by atoms with E-state index >= 15 is 0 Å². The number of fused-ring (bicyclic) bond motifs is 3. The van der Waals surface area contributed by atoms with Crippen LogP contribution in [0.3, 0.4) is 0 Å². The summed E-state index contributed by atoms with van der Waals surface area (Å²) in [6, 6.07) is 0. The second kappa shape index (κ2) is 17.4. The molecule has 0 spiro atoms. The van der Waals surface area contributed by atoms with Crippen LogP contribution >= 0.6 is 23.5 Å². The van der Waals surface area contributed by atoms with Gasteiger partial charge in [-0.1, -0.05) is 0 Å². The molecule has 0 amide bonds. The standard InChI is InChI=1S/C30H38N15O17P3/c31-22-17-25(37-6-34-22)43(9-40-17)28-14(46)1-12(58-28)4-56-65(53,54)62-21-20(47)16(60-30(21)45-11-42-19-24(33)36-8-39-27(19)45)5-57-64(51,52)61-15-2-13(3-55-63(48,49)50)59-29(15)44-10-41-18-23(32)35-7-38-26(18)44/h6-16,20-21,28-30,46-47H,1-5H2,(H,51,52)(H,53,54)(H2,31,34,37)(H2,32,35,38)(H2,33,36,39)(H2,48,49,50)/t12-,13-,14+,15+,16+,20+,21+,28+,29+,30+/m0/s1. The fraction of sp³-hybridized carbons (Fsp3) is 0.500. The number of hydrogen-bond acceptors (Lipinski definition) is 25. The molecule has 9 heterocycles. The Morgan fingerprint density at radius 3 is 1.60 bits per heavy atom. The summed E-state index contributed by atoms with van der Waals surface area (Å²) in [6.07, 6.45) is -6.97. The van der Waals surface area contributed by atoms with Crippen LogP contribution in [0.1, 0.15) is 31.5 Å². The van der Waals surface area contributed by atoms with Crippen molar-refractivity contribution in [2.24, 2.45) is 0 Å². The van der Waals surface area contributed by atoms with Crippen molar-refractivity contribution in [3.05, 3.63) is 38.0 Å². The molecule has 350 valence electrons. The molecule has 3 aliphatic rings. The van der Waals surface area contributed by atoms with E-state index in [0.29, 0.717) is 0 Å². The van der Waals surface area contributed by atoms with Crippen molar-refractivity contribution < 1.29 is 80.3 Å². The molecule has 35 heteroatoms. The minimum absolute atomic E-state index is 0.000319. The lowest BCUT2D eigenvalue weighted by Crippen LogP contribution is -2.35. The van der Waals surface area contributed by atoms with Gasteiger partial charge in [0.2, 0.25) is 0 Å². The molecule has 12 atom stereocenters. The molecule has 0 saturated carbocycles. The van der Waals surface area contributed by atoms with Crippen LogP contribution in [0.4, 0.5) is 17.5 Å². The second-order valence-electron chi connectivity index (χ2n) is 14.7. The average Bonchev–Trinajstić information content (AvgIpc) is 4.11. The Labute approximate surface area is 362 Å². The minimum atomic E-state index is -5.20. The van der Waals surface area contributed by atoms with Gasteiger partial charge in [0.05, 0.1) is 51.0 Å². The highest BCUT2D eigenvalue weighted by molar-refractivity contribution is 7.47. The van der Waals surface area contributed by atoms with E-state index in [1.165, 1.54) is 39.0 Å². The smallest absolute Gasteiger partial charge is 0.388 e. The number of aliphatic hydroxyl groups excluding tert-OH is 2. The third-order valence-electron chi connectivity index (χ3n) is 10.4.